The lowest BCUT2D eigenvalue weighted by molar-refractivity contribution is -0.120. The summed E-state index contributed by atoms with van der Waals surface area (Å²) in [5.41, 5.74) is 9.73. The number of carbonyl (C=O) groups is 1. The van der Waals surface area contributed by atoms with Gasteiger partial charge in [0, 0.05) is 23.7 Å². The van der Waals surface area contributed by atoms with Crippen LogP contribution in [0.25, 0.3) is 11.0 Å². The van der Waals surface area contributed by atoms with Crippen molar-refractivity contribution in [2.24, 2.45) is 0 Å². The normalized spacial score (nSPS) is 11.1. The highest BCUT2D eigenvalue weighted by atomic mass is 32.1. The van der Waals surface area contributed by atoms with Gasteiger partial charge in [-0.05, 0) is 37.8 Å². The number of nitrogens with zero attached hydrogens (tertiary/aromatic N) is 3. The van der Waals surface area contributed by atoms with Gasteiger partial charge in [0.1, 0.15) is 11.3 Å². The predicted octanol–water partition coefficient (Wildman–Crippen LogP) is 2.36. The second-order valence-electron chi connectivity index (χ2n) is 5.82. The summed E-state index contributed by atoms with van der Waals surface area (Å²) in [6.45, 7) is 7.12. The molecule has 7 heteroatoms. The number of aromatic nitrogens is 3. The lowest BCUT2D eigenvalue weighted by Crippen LogP contribution is -2.28. The topological polar surface area (TPSA) is 85.8 Å². The minimum Gasteiger partial charge on any atom is -0.382 e. The number of anilines is 1. The van der Waals surface area contributed by atoms with Crippen molar-refractivity contribution in [1.29, 1.82) is 0 Å². The summed E-state index contributed by atoms with van der Waals surface area (Å²) in [7, 11) is 0. The van der Waals surface area contributed by atoms with Crippen molar-refractivity contribution in [3.63, 3.8) is 0 Å². The molecule has 3 heterocycles. The second-order valence-corrected chi connectivity index (χ2v) is 6.85. The number of fused-ring (bicyclic) bond motifs is 1. The molecule has 1 amide bonds. The quantitative estimate of drug-likeness (QED) is 0.745. The third-order valence-corrected chi connectivity index (χ3v) is 5.04. The highest BCUT2D eigenvalue weighted by Gasteiger charge is 2.15. The lowest BCUT2D eigenvalue weighted by atomic mass is 10.2. The average Bonchev–Trinajstić information content (AvgIpc) is 3.14. The summed E-state index contributed by atoms with van der Waals surface area (Å²) in [6.07, 6.45) is 0.427. The number of nitrogen functional groups attached to an aromatic ring is 1. The number of aryl methyl sites for hydroxylation is 3. The van der Waals surface area contributed by atoms with E-state index in [1.54, 1.807) is 11.3 Å². The molecule has 3 aromatic rings. The number of thiophene rings is 1. The van der Waals surface area contributed by atoms with Gasteiger partial charge < -0.3 is 15.6 Å². The zero-order valence-electron chi connectivity index (χ0n) is 14.1. The molecule has 0 aliphatic heterocycles. The number of amides is 1. The first-order valence-corrected chi connectivity index (χ1v) is 8.74. The van der Waals surface area contributed by atoms with Crippen molar-refractivity contribution >= 4 is 34.1 Å². The smallest absolute Gasteiger partial charge is 0.225 e. The van der Waals surface area contributed by atoms with E-state index in [-0.39, 0.29) is 5.91 Å². The Balaban J connectivity index is 1.73. The molecule has 6 nitrogen and oxygen atoms in total. The fourth-order valence-corrected chi connectivity index (χ4v) is 3.53. The van der Waals surface area contributed by atoms with E-state index in [4.69, 9.17) is 5.73 Å². The molecular formula is C17H21N5OS. The standard InChI is InChI=1S/C17H21N5OS/c1-10-11(2)20-17(18)15-16(10)22(12(3)21-15)7-6-19-14(23)9-13-5-4-8-24-13/h4-5,8H,6-7,9H2,1-3H3,(H2,18,20)(H,19,23). The molecule has 0 fully saturated rings. The highest BCUT2D eigenvalue weighted by molar-refractivity contribution is 7.10. The van der Waals surface area contributed by atoms with E-state index in [0.717, 1.165) is 33.0 Å². The molecule has 0 aromatic carbocycles. The molecule has 0 unspecified atom stereocenters. The molecule has 3 N–H and O–H groups in total. The molecule has 3 rings (SSSR count). The van der Waals surface area contributed by atoms with Gasteiger partial charge in [-0.25, -0.2) is 9.97 Å². The average molecular weight is 343 g/mol. The van der Waals surface area contributed by atoms with E-state index in [1.807, 2.05) is 38.3 Å². The maximum atomic E-state index is 12.0. The third kappa shape index (κ3) is 3.12. The molecule has 24 heavy (non-hydrogen) atoms. The van der Waals surface area contributed by atoms with E-state index in [9.17, 15) is 4.79 Å². The number of nitrogens with two attached hydrogens (primary N) is 1. The van der Waals surface area contributed by atoms with E-state index in [1.165, 1.54) is 0 Å². The molecule has 126 valence electrons. The van der Waals surface area contributed by atoms with Crippen LogP contribution in [0, 0.1) is 20.8 Å². The van der Waals surface area contributed by atoms with Crippen molar-refractivity contribution in [3.05, 3.63) is 39.5 Å². The van der Waals surface area contributed by atoms with Crippen LogP contribution in [-0.2, 0) is 17.8 Å². The second kappa shape index (κ2) is 6.60. The number of hydrogen-bond acceptors (Lipinski definition) is 5. The van der Waals surface area contributed by atoms with Gasteiger partial charge in [-0.1, -0.05) is 6.07 Å². The number of nitrogens with one attached hydrogen (secondary N) is 1. The van der Waals surface area contributed by atoms with Crippen molar-refractivity contribution in [2.45, 2.75) is 33.7 Å². The molecule has 0 atom stereocenters. The fourth-order valence-electron chi connectivity index (χ4n) is 2.83. The monoisotopic (exact) mass is 343 g/mol. The van der Waals surface area contributed by atoms with Crippen LogP contribution in [0.15, 0.2) is 17.5 Å². The van der Waals surface area contributed by atoms with E-state index in [0.29, 0.717) is 25.3 Å². The zero-order chi connectivity index (χ0) is 17.3. The predicted molar refractivity (Wildman–Crippen MR) is 97.2 cm³/mol. The van der Waals surface area contributed by atoms with Crippen LogP contribution in [0.2, 0.25) is 0 Å². The Kier molecular flexibility index (Phi) is 4.53. The van der Waals surface area contributed by atoms with E-state index >= 15 is 0 Å². The van der Waals surface area contributed by atoms with Gasteiger partial charge in [0.2, 0.25) is 5.91 Å². The summed E-state index contributed by atoms with van der Waals surface area (Å²) < 4.78 is 2.10. The minimum atomic E-state index is 0.0357. The van der Waals surface area contributed by atoms with Gasteiger partial charge in [0.05, 0.1) is 11.9 Å². The number of rotatable bonds is 5. The zero-order valence-corrected chi connectivity index (χ0v) is 14.9. The van der Waals surface area contributed by atoms with Gasteiger partial charge in [0.25, 0.3) is 0 Å². The Hall–Kier alpha value is -2.41. The minimum absolute atomic E-state index is 0.0357. The summed E-state index contributed by atoms with van der Waals surface area (Å²) in [5, 5.41) is 4.95. The van der Waals surface area contributed by atoms with E-state index in [2.05, 4.69) is 19.9 Å². The molecule has 0 saturated carbocycles. The van der Waals surface area contributed by atoms with E-state index < -0.39 is 0 Å². The van der Waals surface area contributed by atoms with Gasteiger partial charge in [-0.3, -0.25) is 4.79 Å². The van der Waals surface area contributed by atoms with Gasteiger partial charge in [-0.2, -0.15) is 0 Å². The Morgan fingerprint density at radius 3 is 2.83 bits per heavy atom. The molecular weight excluding hydrogens is 322 g/mol. The van der Waals surface area contributed by atoms with Crippen molar-refractivity contribution in [1.82, 2.24) is 19.9 Å². The first-order chi connectivity index (χ1) is 11.5. The Labute approximate surface area is 144 Å². The Morgan fingerprint density at radius 2 is 2.12 bits per heavy atom. The maximum absolute atomic E-state index is 12.0. The number of carbonyl (C=O) groups excluding carboxylic acids is 1. The summed E-state index contributed by atoms with van der Waals surface area (Å²) in [5.74, 6) is 1.37. The van der Waals surface area contributed by atoms with Crippen molar-refractivity contribution in [2.75, 3.05) is 12.3 Å². The lowest BCUT2D eigenvalue weighted by Gasteiger charge is -2.11. The van der Waals surface area contributed by atoms with Crippen LogP contribution in [0.5, 0.6) is 0 Å². The summed E-state index contributed by atoms with van der Waals surface area (Å²) in [4.78, 5) is 22.0. The summed E-state index contributed by atoms with van der Waals surface area (Å²) in [6, 6.07) is 3.93. The summed E-state index contributed by atoms with van der Waals surface area (Å²) >= 11 is 1.60. The maximum Gasteiger partial charge on any atom is 0.225 e. The first-order valence-electron chi connectivity index (χ1n) is 7.86. The molecule has 3 aromatic heterocycles. The van der Waals surface area contributed by atoms with Crippen LogP contribution < -0.4 is 11.1 Å². The number of hydrogen-bond donors (Lipinski definition) is 2. The number of imidazole rings is 1. The first kappa shape index (κ1) is 16.4. The van der Waals surface area contributed by atoms with Gasteiger partial charge in [0.15, 0.2) is 5.82 Å². The van der Waals surface area contributed by atoms with Crippen LogP contribution in [-0.4, -0.2) is 27.0 Å². The highest BCUT2D eigenvalue weighted by Crippen LogP contribution is 2.25. The van der Waals surface area contributed by atoms with Crippen molar-refractivity contribution in [3.8, 4) is 0 Å². The molecule has 0 radical (unpaired) electrons. The molecule has 0 bridgehead atoms. The van der Waals surface area contributed by atoms with Crippen LogP contribution in [0.3, 0.4) is 0 Å². The Morgan fingerprint density at radius 1 is 1.33 bits per heavy atom. The third-order valence-electron chi connectivity index (χ3n) is 4.16. The van der Waals surface area contributed by atoms with Crippen molar-refractivity contribution < 1.29 is 4.79 Å². The molecule has 0 spiro atoms. The van der Waals surface area contributed by atoms with Crippen LogP contribution in [0.1, 0.15) is 22.0 Å². The molecule has 0 aliphatic carbocycles. The Bertz CT molecular complexity index is 882. The molecule has 0 aliphatic rings. The number of pyridine rings is 1. The van der Waals surface area contributed by atoms with Gasteiger partial charge in [-0.15, -0.1) is 11.3 Å². The molecule has 0 saturated heterocycles. The fraction of sp³-hybridized carbons (Fsp3) is 0.353. The van der Waals surface area contributed by atoms with Crippen LogP contribution >= 0.6 is 11.3 Å². The SMILES string of the molecule is Cc1nc(N)c2nc(C)n(CCNC(=O)Cc3cccs3)c2c1C. The van der Waals surface area contributed by atoms with Gasteiger partial charge >= 0.3 is 0 Å². The van der Waals surface area contributed by atoms with Crippen LogP contribution in [0.4, 0.5) is 5.82 Å². The largest absolute Gasteiger partial charge is 0.382 e.